The van der Waals surface area contributed by atoms with E-state index in [0.29, 0.717) is 25.7 Å². The molecule has 1 amide bonds. The molecule has 0 aliphatic carbocycles. The average molecular weight is 211 g/mol. The van der Waals surface area contributed by atoms with Crippen LogP contribution < -0.4 is 10.6 Å². The lowest BCUT2D eigenvalue weighted by Gasteiger charge is -2.08. The van der Waals surface area contributed by atoms with E-state index in [1.54, 1.807) is 17.1 Å². The second-order valence-electron chi connectivity index (χ2n) is 3.55. The molecule has 0 spiro atoms. The number of aromatic nitrogens is 3. The van der Waals surface area contributed by atoms with Gasteiger partial charge >= 0.3 is 0 Å². The molecule has 0 saturated heterocycles. The number of rotatable bonds is 6. The lowest BCUT2D eigenvalue weighted by molar-refractivity contribution is -0.120. The maximum absolute atomic E-state index is 11.3. The van der Waals surface area contributed by atoms with E-state index >= 15 is 0 Å². The number of carbonyl (C=O) groups excluding carboxylic acids is 1. The van der Waals surface area contributed by atoms with Crippen LogP contribution in [0.2, 0.25) is 0 Å². The van der Waals surface area contributed by atoms with Crippen LogP contribution in [-0.4, -0.2) is 40.0 Å². The van der Waals surface area contributed by atoms with E-state index in [1.807, 2.05) is 13.8 Å². The first-order valence-corrected chi connectivity index (χ1v) is 5.02. The maximum atomic E-state index is 11.3. The van der Waals surface area contributed by atoms with Gasteiger partial charge in [0.25, 0.3) is 0 Å². The third-order valence-corrected chi connectivity index (χ3v) is 1.81. The highest BCUT2D eigenvalue weighted by Crippen LogP contribution is 1.79. The van der Waals surface area contributed by atoms with E-state index < -0.39 is 0 Å². The highest BCUT2D eigenvalue weighted by atomic mass is 16.1. The van der Waals surface area contributed by atoms with E-state index in [9.17, 15) is 4.79 Å². The van der Waals surface area contributed by atoms with Crippen LogP contribution in [0.25, 0.3) is 0 Å². The normalized spacial score (nSPS) is 10.6. The molecule has 0 bridgehead atoms. The van der Waals surface area contributed by atoms with E-state index in [1.165, 1.54) is 0 Å². The first-order valence-electron chi connectivity index (χ1n) is 5.02. The molecule has 1 aromatic rings. The van der Waals surface area contributed by atoms with Crippen molar-refractivity contribution in [3.63, 3.8) is 0 Å². The van der Waals surface area contributed by atoms with E-state index in [4.69, 9.17) is 0 Å². The Morgan fingerprint density at radius 3 is 2.93 bits per heavy atom. The Bertz CT molecular complexity index is 283. The van der Waals surface area contributed by atoms with Crippen molar-refractivity contribution in [3.05, 3.63) is 12.4 Å². The Morgan fingerprint density at radius 1 is 1.53 bits per heavy atom. The predicted octanol–water partition coefficient (Wildman–Crippen LogP) is -0.608. The van der Waals surface area contributed by atoms with Crippen LogP contribution in [-0.2, 0) is 11.3 Å². The van der Waals surface area contributed by atoms with Gasteiger partial charge in [0.15, 0.2) is 0 Å². The summed E-state index contributed by atoms with van der Waals surface area (Å²) in [4.78, 5) is 11.3. The summed E-state index contributed by atoms with van der Waals surface area (Å²) in [5, 5.41) is 13.3. The van der Waals surface area contributed by atoms with Crippen LogP contribution in [0.15, 0.2) is 12.4 Å². The van der Waals surface area contributed by atoms with Crippen molar-refractivity contribution in [1.29, 1.82) is 0 Å². The molecule has 0 saturated carbocycles. The molecule has 0 unspecified atom stereocenters. The molecule has 2 N–H and O–H groups in total. The van der Waals surface area contributed by atoms with E-state index in [0.717, 1.165) is 0 Å². The van der Waals surface area contributed by atoms with Crippen molar-refractivity contribution < 1.29 is 4.79 Å². The van der Waals surface area contributed by atoms with Gasteiger partial charge in [-0.25, -0.2) is 0 Å². The quantitative estimate of drug-likeness (QED) is 0.658. The Balaban J connectivity index is 2.07. The molecule has 0 aliphatic rings. The second kappa shape index (κ2) is 6.13. The Kier molecular flexibility index (Phi) is 4.76. The maximum Gasteiger partial charge on any atom is 0.234 e. The lowest BCUT2D eigenvalue weighted by atomic mass is 10.4. The zero-order chi connectivity index (χ0) is 11.1. The summed E-state index contributed by atoms with van der Waals surface area (Å²) >= 11 is 0. The number of carbonyl (C=O) groups is 1. The minimum Gasteiger partial charge on any atom is -0.353 e. The molecule has 6 heteroatoms. The summed E-state index contributed by atoms with van der Waals surface area (Å²) in [7, 11) is 0. The Morgan fingerprint density at radius 2 is 2.33 bits per heavy atom. The molecule has 0 aromatic carbocycles. The van der Waals surface area contributed by atoms with Gasteiger partial charge in [-0.15, -0.1) is 5.10 Å². The van der Waals surface area contributed by atoms with Crippen LogP contribution in [0.4, 0.5) is 0 Å². The molecule has 0 aliphatic heterocycles. The average Bonchev–Trinajstić information content (AvgIpc) is 2.67. The third-order valence-electron chi connectivity index (χ3n) is 1.81. The van der Waals surface area contributed by atoms with Crippen LogP contribution in [0.3, 0.4) is 0 Å². The topological polar surface area (TPSA) is 71.8 Å². The number of hydrogen-bond acceptors (Lipinski definition) is 4. The van der Waals surface area contributed by atoms with Crippen molar-refractivity contribution >= 4 is 5.91 Å². The van der Waals surface area contributed by atoms with E-state index in [-0.39, 0.29) is 5.91 Å². The van der Waals surface area contributed by atoms with Gasteiger partial charge in [-0.05, 0) is 0 Å². The van der Waals surface area contributed by atoms with Crippen LogP contribution in [0.5, 0.6) is 0 Å². The fourth-order valence-corrected chi connectivity index (χ4v) is 1.02. The molecule has 0 atom stereocenters. The lowest BCUT2D eigenvalue weighted by Crippen LogP contribution is -2.38. The Labute approximate surface area is 89.0 Å². The van der Waals surface area contributed by atoms with Crippen molar-refractivity contribution in [2.75, 3.05) is 13.1 Å². The zero-order valence-electron chi connectivity index (χ0n) is 9.10. The molecule has 0 fully saturated rings. The highest BCUT2D eigenvalue weighted by molar-refractivity contribution is 5.77. The fourth-order valence-electron chi connectivity index (χ4n) is 1.02. The monoisotopic (exact) mass is 211 g/mol. The standard InChI is InChI=1S/C9H17N5O/c1-8(2)11-7-9(15)10-3-5-14-6-4-12-13-14/h4,6,8,11H,3,5,7H2,1-2H3,(H,10,15). The molecular weight excluding hydrogens is 194 g/mol. The van der Waals surface area contributed by atoms with Gasteiger partial charge in [0.05, 0.1) is 19.3 Å². The minimum atomic E-state index is 0.00353. The predicted molar refractivity (Wildman–Crippen MR) is 56.2 cm³/mol. The van der Waals surface area contributed by atoms with Crippen molar-refractivity contribution in [3.8, 4) is 0 Å². The SMILES string of the molecule is CC(C)NCC(=O)NCCn1ccnn1. The fraction of sp³-hybridized carbons (Fsp3) is 0.667. The Hall–Kier alpha value is -1.43. The number of nitrogens with one attached hydrogen (secondary N) is 2. The van der Waals surface area contributed by atoms with Gasteiger partial charge in [0.2, 0.25) is 5.91 Å². The molecule has 1 rings (SSSR count). The van der Waals surface area contributed by atoms with Gasteiger partial charge in [0.1, 0.15) is 0 Å². The zero-order valence-corrected chi connectivity index (χ0v) is 9.10. The molecule has 15 heavy (non-hydrogen) atoms. The van der Waals surface area contributed by atoms with E-state index in [2.05, 4.69) is 20.9 Å². The highest BCUT2D eigenvalue weighted by Gasteiger charge is 2.01. The van der Waals surface area contributed by atoms with Crippen LogP contribution in [0, 0.1) is 0 Å². The first-order chi connectivity index (χ1) is 7.18. The van der Waals surface area contributed by atoms with Gasteiger partial charge in [-0.3, -0.25) is 9.48 Å². The number of hydrogen-bond donors (Lipinski definition) is 2. The van der Waals surface area contributed by atoms with Gasteiger partial charge in [-0.1, -0.05) is 19.1 Å². The summed E-state index contributed by atoms with van der Waals surface area (Å²) in [5.74, 6) is 0.00353. The molecular formula is C9H17N5O. The number of amides is 1. The smallest absolute Gasteiger partial charge is 0.234 e. The molecule has 1 heterocycles. The minimum absolute atomic E-state index is 0.00353. The third kappa shape index (κ3) is 5.11. The summed E-state index contributed by atoms with van der Waals surface area (Å²) in [6.07, 6.45) is 3.38. The largest absolute Gasteiger partial charge is 0.353 e. The van der Waals surface area contributed by atoms with Crippen molar-refractivity contribution in [2.45, 2.75) is 26.4 Å². The summed E-state index contributed by atoms with van der Waals surface area (Å²) in [6, 6.07) is 0.325. The summed E-state index contributed by atoms with van der Waals surface area (Å²) in [5.41, 5.74) is 0. The summed E-state index contributed by atoms with van der Waals surface area (Å²) < 4.78 is 1.68. The summed E-state index contributed by atoms with van der Waals surface area (Å²) in [6.45, 7) is 5.58. The van der Waals surface area contributed by atoms with Crippen LogP contribution in [0.1, 0.15) is 13.8 Å². The molecule has 0 radical (unpaired) electrons. The first kappa shape index (κ1) is 11.6. The molecule has 84 valence electrons. The van der Waals surface area contributed by atoms with Crippen molar-refractivity contribution in [2.24, 2.45) is 0 Å². The molecule has 6 nitrogen and oxygen atoms in total. The second-order valence-corrected chi connectivity index (χ2v) is 3.55. The van der Waals surface area contributed by atoms with Crippen molar-refractivity contribution in [1.82, 2.24) is 25.6 Å². The van der Waals surface area contributed by atoms with Gasteiger partial charge in [-0.2, -0.15) is 0 Å². The van der Waals surface area contributed by atoms with Gasteiger partial charge in [0, 0.05) is 18.8 Å². The van der Waals surface area contributed by atoms with Crippen LogP contribution >= 0.6 is 0 Å². The number of nitrogens with zero attached hydrogens (tertiary/aromatic N) is 3. The van der Waals surface area contributed by atoms with Gasteiger partial charge < -0.3 is 10.6 Å². The molecule has 1 aromatic heterocycles.